The Balaban J connectivity index is 2.40. The Kier molecular flexibility index (Phi) is 5.62. The van der Waals surface area contributed by atoms with E-state index in [0.29, 0.717) is 12.2 Å². The minimum absolute atomic E-state index is 0.200. The third kappa shape index (κ3) is 4.02. The van der Waals surface area contributed by atoms with Crippen LogP contribution in [0.3, 0.4) is 0 Å². The molecule has 92 valence electrons. The molecule has 2 unspecified atom stereocenters. The second kappa shape index (κ2) is 6.75. The van der Waals surface area contributed by atoms with Gasteiger partial charge in [0.2, 0.25) is 5.91 Å². The second-order valence-corrected chi connectivity index (χ2v) is 4.84. The molecule has 0 aromatic rings. The number of amides is 1. The summed E-state index contributed by atoms with van der Waals surface area (Å²) in [5, 5.41) is 14.5. The minimum atomic E-state index is -0.951. The van der Waals surface area contributed by atoms with Gasteiger partial charge in [0.1, 0.15) is 6.04 Å². The first-order valence-electron chi connectivity index (χ1n) is 5.49. The Morgan fingerprint density at radius 2 is 2.38 bits per heavy atom. The molecule has 3 N–H and O–H groups in total. The number of carboxylic acids is 1. The van der Waals surface area contributed by atoms with Crippen LogP contribution in [-0.4, -0.2) is 40.7 Å². The van der Waals surface area contributed by atoms with Gasteiger partial charge in [-0.05, 0) is 6.42 Å². The first kappa shape index (κ1) is 13.3. The molecular formula is C10H18N2O3S. The minimum Gasteiger partial charge on any atom is -0.480 e. The van der Waals surface area contributed by atoms with Crippen LogP contribution in [0.5, 0.6) is 0 Å². The van der Waals surface area contributed by atoms with E-state index in [1.807, 2.05) is 6.92 Å². The summed E-state index contributed by atoms with van der Waals surface area (Å²) in [6.07, 6.45) is 2.23. The van der Waals surface area contributed by atoms with Crippen molar-refractivity contribution in [1.29, 1.82) is 0 Å². The van der Waals surface area contributed by atoms with E-state index in [2.05, 4.69) is 10.6 Å². The second-order valence-electron chi connectivity index (χ2n) is 3.81. The number of carbonyl (C=O) groups is 2. The standard InChI is InChI=1S/C10H18N2O3S/c1-2-3-4-7(10(14)15)12-9(13)8-5-16-6-11-8/h7-8,11H,2-6H2,1H3,(H,12,13)(H,14,15). The van der Waals surface area contributed by atoms with Crippen LogP contribution in [0.2, 0.25) is 0 Å². The number of unbranched alkanes of at least 4 members (excludes halogenated alkanes) is 1. The summed E-state index contributed by atoms with van der Waals surface area (Å²) in [7, 11) is 0. The molecule has 0 radical (unpaired) electrons. The first-order valence-corrected chi connectivity index (χ1v) is 6.65. The van der Waals surface area contributed by atoms with Crippen LogP contribution in [0.4, 0.5) is 0 Å². The molecule has 6 heteroatoms. The lowest BCUT2D eigenvalue weighted by atomic mass is 10.1. The van der Waals surface area contributed by atoms with Crippen LogP contribution in [0, 0.1) is 0 Å². The maximum Gasteiger partial charge on any atom is 0.326 e. The lowest BCUT2D eigenvalue weighted by molar-refractivity contribution is -0.142. The SMILES string of the molecule is CCCCC(NC(=O)C1CSCN1)C(=O)O. The maximum atomic E-state index is 11.7. The summed E-state index contributed by atoms with van der Waals surface area (Å²) < 4.78 is 0. The molecule has 1 fully saturated rings. The highest BCUT2D eigenvalue weighted by molar-refractivity contribution is 7.99. The van der Waals surface area contributed by atoms with Crippen molar-refractivity contribution in [3.8, 4) is 0 Å². The predicted octanol–water partition coefficient (Wildman–Crippen LogP) is 0.408. The van der Waals surface area contributed by atoms with Crippen molar-refractivity contribution in [1.82, 2.24) is 10.6 Å². The third-order valence-electron chi connectivity index (χ3n) is 2.49. The Bertz CT molecular complexity index is 254. The first-order chi connectivity index (χ1) is 7.65. The topological polar surface area (TPSA) is 78.4 Å². The number of hydrogen-bond donors (Lipinski definition) is 3. The van der Waals surface area contributed by atoms with E-state index in [1.165, 1.54) is 0 Å². The average Bonchev–Trinajstić information content (AvgIpc) is 2.76. The van der Waals surface area contributed by atoms with Gasteiger partial charge in [0.25, 0.3) is 0 Å². The van der Waals surface area contributed by atoms with Gasteiger partial charge < -0.3 is 10.4 Å². The number of rotatable bonds is 6. The molecule has 0 bridgehead atoms. The number of nitrogens with one attached hydrogen (secondary N) is 2. The van der Waals surface area contributed by atoms with Gasteiger partial charge in [0, 0.05) is 11.6 Å². The number of aliphatic carboxylic acids is 1. The molecule has 16 heavy (non-hydrogen) atoms. The van der Waals surface area contributed by atoms with Crippen molar-refractivity contribution in [3.05, 3.63) is 0 Å². The van der Waals surface area contributed by atoms with Crippen LogP contribution in [0.15, 0.2) is 0 Å². The van der Waals surface area contributed by atoms with Crippen molar-refractivity contribution in [3.63, 3.8) is 0 Å². The van der Waals surface area contributed by atoms with E-state index in [-0.39, 0.29) is 11.9 Å². The van der Waals surface area contributed by atoms with Gasteiger partial charge in [-0.2, -0.15) is 0 Å². The van der Waals surface area contributed by atoms with E-state index in [9.17, 15) is 9.59 Å². The number of hydrogen-bond acceptors (Lipinski definition) is 4. The molecular weight excluding hydrogens is 228 g/mol. The van der Waals surface area contributed by atoms with Gasteiger partial charge in [-0.1, -0.05) is 19.8 Å². The lowest BCUT2D eigenvalue weighted by Crippen LogP contribution is -2.49. The van der Waals surface area contributed by atoms with Crippen molar-refractivity contribution >= 4 is 23.6 Å². The fourth-order valence-electron chi connectivity index (χ4n) is 1.50. The molecule has 0 aromatic heterocycles. The molecule has 1 aliphatic heterocycles. The number of thioether (sulfide) groups is 1. The van der Waals surface area contributed by atoms with E-state index in [4.69, 9.17) is 5.11 Å². The van der Waals surface area contributed by atoms with Gasteiger partial charge in [-0.15, -0.1) is 11.8 Å². The molecule has 1 aliphatic rings. The lowest BCUT2D eigenvalue weighted by Gasteiger charge is -2.16. The van der Waals surface area contributed by atoms with Gasteiger partial charge in [0.05, 0.1) is 6.04 Å². The molecule has 0 aromatic carbocycles. The molecule has 0 spiro atoms. The summed E-state index contributed by atoms with van der Waals surface area (Å²) in [4.78, 5) is 22.6. The van der Waals surface area contributed by atoms with Crippen molar-refractivity contribution in [2.24, 2.45) is 0 Å². The molecule has 1 heterocycles. The van der Waals surface area contributed by atoms with Crippen LogP contribution in [-0.2, 0) is 9.59 Å². The molecule has 1 amide bonds. The highest BCUT2D eigenvalue weighted by Gasteiger charge is 2.26. The smallest absolute Gasteiger partial charge is 0.326 e. The molecule has 0 aliphatic carbocycles. The van der Waals surface area contributed by atoms with E-state index in [0.717, 1.165) is 18.7 Å². The van der Waals surface area contributed by atoms with Gasteiger partial charge in [-0.25, -0.2) is 4.79 Å². The zero-order chi connectivity index (χ0) is 12.0. The Morgan fingerprint density at radius 3 is 2.88 bits per heavy atom. The molecule has 0 saturated carbocycles. The van der Waals surface area contributed by atoms with Crippen LogP contribution < -0.4 is 10.6 Å². The van der Waals surface area contributed by atoms with Gasteiger partial charge >= 0.3 is 5.97 Å². The summed E-state index contributed by atoms with van der Waals surface area (Å²) >= 11 is 1.64. The van der Waals surface area contributed by atoms with E-state index < -0.39 is 12.0 Å². The normalized spacial score (nSPS) is 21.7. The monoisotopic (exact) mass is 246 g/mol. The van der Waals surface area contributed by atoms with E-state index in [1.54, 1.807) is 11.8 Å². The van der Waals surface area contributed by atoms with Crippen molar-refractivity contribution in [2.45, 2.75) is 38.3 Å². The fraction of sp³-hybridized carbons (Fsp3) is 0.800. The van der Waals surface area contributed by atoms with Crippen molar-refractivity contribution in [2.75, 3.05) is 11.6 Å². The largest absolute Gasteiger partial charge is 0.480 e. The fourth-order valence-corrected chi connectivity index (χ4v) is 2.44. The highest BCUT2D eigenvalue weighted by Crippen LogP contribution is 2.10. The van der Waals surface area contributed by atoms with Gasteiger partial charge in [0.15, 0.2) is 0 Å². The summed E-state index contributed by atoms with van der Waals surface area (Å²) in [5.41, 5.74) is 0. The number of carboxylic acid groups (broad SMARTS) is 1. The van der Waals surface area contributed by atoms with Crippen LogP contribution in [0.25, 0.3) is 0 Å². The van der Waals surface area contributed by atoms with Crippen LogP contribution >= 0.6 is 11.8 Å². The molecule has 1 rings (SSSR count). The van der Waals surface area contributed by atoms with Crippen LogP contribution in [0.1, 0.15) is 26.2 Å². The Labute approximate surface area is 99.4 Å². The zero-order valence-corrected chi connectivity index (χ0v) is 10.2. The summed E-state index contributed by atoms with van der Waals surface area (Å²) in [6, 6.07) is -0.992. The van der Waals surface area contributed by atoms with Gasteiger partial charge in [-0.3, -0.25) is 10.1 Å². The molecule has 1 saturated heterocycles. The molecule has 2 atom stereocenters. The average molecular weight is 246 g/mol. The quantitative estimate of drug-likeness (QED) is 0.632. The maximum absolute atomic E-state index is 11.7. The Hall–Kier alpha value is -0.750. The third-order valence-corrected chi connectivity index (χ3v) is 3.43. The Morgan fingerprint density at radius 1 is 1.62 bits per heavy atom. The zero-order valence-electron chi connectivity index (χ0n) is 9.36. The summed E-state index contributed by atoms with van der Waals surface area (Å²) in [6.45, 7) is 2.00. The molecule has 5 nitrogen and oxygen atoms in total. The van der Waals surface area contributed by atoms with E-state index >= 15 is 0 Å². The number of carbonyl (C=O) groups excluding carboxylic acids is 1. The predicted molar refractivity (Wildman–Crippen MR) is 63.3 cm³/mol. The summed E-state index contributed by atoms with van der Waals surface area (Å²) in [5.74, 6) is 0.317. The van der Waals surface area contributed by atoms with Crippen molar-refractivity contribution < 1.29 is 14.7 Å². The highest BCUT2D eigenvalue weighted by atomic mass is 32.2.